The molecule has 0 rings (SSSR count). The van der Waals surface area contributed by atoms with Crippen molar-refractivity contribution in [1.29, 1.82) is 0 Å². The molecule has 1 nitrogen and oxygen atoms in total. The van der Waals surface area contributed by atoms with Gasteiger partial charge in [-0.25, -0.2) is 0 Å². The smallest absolute Gasteiger partial charge is 0.324 e. The lowest BCUT2D eigenvalue weighted by atomic mass is 10.6. The summed E-state index contributed by atoms with van der Waals surface area (Å²) in [5.74, 6) is 0. The molecule has 0 unspecified atom stereocenters. The van der Waals surface area contributed by atoms with E-state index in [1.165, 1.54) is 28.6 Å². The van der Waals surface area contributed by atoms with Gasteiger partial charge in [-0.05, 0) is 0 Å². The van der Waals surface area contributed by atoms with Gasteiger partial charge >= 0.3 is 14.1 Å². The average Bonchev–Trinajstić information content (AvgIpc) is 1.88. The second-order valence-electron chi connectivity index (χ2n) is 2.47. The maximum atomic E-state index is 10.3. The first-order chi connectivity index (χ1) is 4.35. The average molecular weight is 142 g/mol. The number of carbonyl (C=O) groups is 1. The first kappa shape index (κ1) is 9.20. The number of hydrogen-bond acceptors (Lipinski definition) is 1. The van der Waals surface area contributed by atoms with Crippen molar-refractivity contribution in [2.75, 3.05) is 0 Å². The summed E-state index contributed by atoms with van der Waals surface area (Å²) in [5, 5.41) is 3.64. The molecule has 0 heterocycles. The van der Waals surface area contributed by atoms with Crippen LogP contribution in [0.2, 0.25) is 10.6 Å². The quantitative estimate of drug-likeness (QED) is 0.424. The molecule has 2 heteroatoms. The van der Waals surface area contributed by atoms with Crippen LogP contribution in [-0.4, -0.2) is 19.3 Å². The number of rotatable bonds is 5. The molecular weight excluding hydrogens is 127 g/mol. The van der Waals surface area contributed by atoms with Crippen LogP contribution in [0.3, 0.4) is 0 Å². The summed E-state index contributed by atoms with van der Waals surface area (Å²) in [4.78, 5) is 10.3. The highest BCUT2D eigenvalue weighted by Crippen LogP contribution is 2.02. The van der Waals surface area contributed by atoms with Gasteiger partial charge in [0.1, 0.15) is 0 Å². The van der Waals surface area contributed by atoms with Crippen molar-refractivity contribution in [1.82, 2.24) is 0 Å². The van der Waals surface area contributed by atoms with Crippen molar-refractivity contribution >= 4 is 19.3 Å². The fraction of sp³-hybridized carbons (Fsp3) is 0.857. The Morgan fingerprint density at radius 3 is 1.89 bits per heavy atom. The van der Waals surface area contributed by atoms with Crippen LogP contribution in [0.25, 0.3) is 0 Å². The van der Waals surface area contributed by atoms with E-state index in [2.05, 4.69) is 13.8 Å². The van der Waals surface area contributed by atoms with Crippen LogP contribution in [0.15, 0.2) is 0 Å². The molecular formula is C7H15AlO. The Bertz CT molecular complexity index is 67.3. The molecule has 0 fully saturated rings. The largest absolute Gasteiger partial charge is 0.360 e. The lowest BCUT2D eigenvalue weighted by Gasteiger charge is -1.97. The molecule has 52 valence electrons. The zero-order chi connectivity index (χ0) is 7.11. The minimum atomic E-state index is -0.894. The summed E-state index contributed by atoms with van der Waals surface area (Å²) >= 11 is -0.894. The van der Waals surface area contributed by atoms with Crippen molar-refractivity contribution in [3.8, 4) is 0 Å². The van der Waals surface area contributed by atoms with E-state index in [0.717, 1.165) is 0 Å². The maximum Gasteiger partial charge on any atom is 0.360 e. The van der Waals surface area contributed by atoms with E-state index >= 15 is 0 Å². The Labute approximate surface area is 61.8 Å². The highest BCUT2D eigenvalue weighted by molar-refractivity contribution is 6.84. The minimum Gasteiger partial charge on any atom is -0.324 e. The van der Waals surface area contributed by atoms with Crippen molar-refractivity contribution < 1.29 is 4.79 Å². The van der Waals surface area contributed by atoms with Crippen LogP contribution in [0.1, 0.15) is 26.7 Å². The van der Waals surface area contributed by atoms with E-state index < -0.39 is 14.1 Å². The molecule has 0 radical (unpaired) electrons. The maximum absolute atomic E-state index is 10.3. The second-order valence-corrected chi connectivity index (χ2v) is 5.42. The summed E-state index contributed by atoms with van der Waals surface area (Å²) in [6.07, 6.45) is 2.38. The minimum absolute atomic E-state index is 0.894. The number of carbonyl (C=O) groups excluding carboxylic acids is 1. The lowest BCUT2D eigenvalue weighted by molar-refractivity contribution is 0.567. The predicted octanol–water partition coefficient (Wildman–Crippen LogP) is 2.07. The van der Waals surface area contributed by atoms with Crippen LogP contribution >= 0.6 is 0 Å². The Balaban J connectivity index is 3.29. The van der Waals surface area contributed by atoms with E-state index in [1.807, 2.05) is 0 Å². The Morgan fingerprint density at radius 2 is 1.67 bits per heavy atom. The standard InChI is InChI=1S/2C3H7.CHO.Al/c2*1-3-2;1-2;/h2*1,3H2,2H3;1H;. The van der Waals surface area contributed by atoms with Gasteiger partial charge in [0.15, 0.2) is 0 Å². The van der Waals surface area contributed by atoms with E-state index in [-0.39, 0.29) is 0 Å². The molecule has 0 atom stereocenters. The van der Waals surface area contributed by atoms with Gasteiger partial charge in [-0.2, -0.15) is 0 Å². The highest BCUT2D eigenvalue weighted by atomic mass is 27.2. The van der Waals surface area contributed by atoms with E-state index in [9.17, 15) is 4.79 Å². The van der Waals surface area contributed by atoms with Gasteiger partial charge < -0.3 is 4.79 Å². The van der Waals surface area contributed by atoms with Gasteiger partial charge in [0.05, 0.1) is 0 Å². The molecule has 0 spiro atoms. The molecule has 0 aromatic heterocycles. The number of hydrogen-bond donors (Lipinski definition) is 0. The Morgan fingerprint density at radius 1 is 1.22 bits per heavy atom. The monoisotopic (exact) mass is 142 g/mol. The summed E-state index contributed by atoms with van der Waals surface area (Å²) in [7, 11) is 0. The van der Waals surface area contributed by atoms with E-state index in [1.54, 1.807) is 0 Å². The molecule has 0 N–H and O–H groups in total. The van der Waals surface area contributed by atoms with Crippen LogP contribution in [0.4, 0.5) is 0 Å². The summed E-state index contributed by atoms with van der Waals surface area (Å²) in [6, 6.07) is 0. The fourth-order valence-corrected chi connectivity index (χ4v) is 3.07. The van der Waals surface area contributed by atoms with Gasteiger partial charge in [-0.3, -0.25) is 0 Å². The fourth-order valence-electron chi connectivity index (χ4n) is 1.02. The molecule has 0 aromatic rings. The van der Waals surface area contributed by atoms with Crippen LogP contribution in [-0.2, 0) is 4.79 Å². The topological polar surface area (TPSA) is 17.1 Å². The normalized spacial score (nSPS) is 9.11. The predicted molar refractivity (Wildman–Crippen MR) is 42.7 cm³/mol. The molecule has 0 saturated carbocycles. The third-order valence-corrected chi connectivity index (χ3v) is 4.53. The molecule has 0 amide bonds. The molecule has 0 aromatic carbocycles. The molecule has 0 aliphatic carbocycles. The van der Waals surface area contributed by atoms with Crippen LogP contribution < -0.4 is 0 Å². The lowest BCUT2D eigenvalue weighted by Crippen LogP contribution is -2.12. The van der Waals surface area contributed by atoms with Crippen LogP contribution in [0.5, 0.6) is 0 Å². The van der Waals surface area contributed by atoms with Gasteiger partial charge in [-0.1, -0.05) is 37.3 Å². The summed E-state index contributed by atoms with van der Waals surface area (Å²) in [5.41, 5.74) is 0. The molecule has 0 aliphatic rings. The van der Waals surface area contributed by atoms with Crippen molar-refractivity contribution in [3.63, 3.8) is 0 Å². The molecule has 0 aliphatic heterocycles. The van der Waals surface area contributed by atoms with Gasteiger partial charge in [0.25, 0.3) is 0 Å². The SMILES string of the molecule is CC[CH2][Al]([CH]=O)[CH2]CC. The van der Waals surface area contributed by atoms with Crippen molar-refractivity contribution in [3.05, 3.63) is 0 Å². The second kappa shape index (κ2) is 6.32. The van der Waals surface area contributed by atoms with Gasteiger partial charge in [0, 0.05) is 5.15 Å². The van der Waals surface area contributed by atoms with E-state index in [0.29, 0.717) is 0 Å². The highest BCUT2D eigenvalue weighted by Gasteiger charge is 2.12. The van der Waals surface area contributed by atoms with Crippen molar-refractivity contribution in [2.24, 2.45) is 0 Å². The molecule has 9 heavy (non-hydrogen) atoms. The third kappa shape index (κ3) is 4.69. The molecule has 0 bridgehead atoms. The van der Waals surface area contributed by atoms with Gasteiger partial charge in [0.2, 0.25) is 0 Å². The first-order valence-corrected chi connectivity index (χ1v) is 6.10. The Hall–Kier alpha value is 0.202. The zero-order valence-electron chi connectivity index (χ0n) is 6.39. The summed E-state index contributed by atoms with van der Waals surface area (Å²) < 4.78 is 0. The van der Waals surface area contributed by atoms with Crippen molar-refractivity contribution in [2.45, 2.75) is 37.3 Å². The van der Waals surface area contributed by atoms with E-state index in [4.69, 9.17) is 0 Å². The zero-order valence-corrected chi connectivity index (χ0v) is 7.55. The summed E-state index contributed by atoms with van der Waals surface area (Å²) in [6.45, 7) is 4.30. The van der Waals surface area contributed by atoms with Crippen LogP contribution in [0, 0.1) is 0 Å². The Kier molecular flexibility index (Phi) is 6.47. The third-order valence-electron chi connectivity index (χ3n) is 1.51. The van der Waals surface area contributed by atoms with Gasteiger partial charge in [-0.15, -0.1) is 0 Å². The molecule has 0 saturated heterocycles. The first-order valence-electron chi connectivity index (χ1n) is 3.80.